The standard InChI is InChI=1S/C15H31N3O2/c1-16-15(17-9-5-4-6-11-19-3)18(2)10-12-20-13-14-7-8-14/h14H,4-13H2,1-3H3,(H,16,17). The van der Waals surface area contributed by atoms with Gasteiger partial charge in [0.1, 0.15) is 0 Å². The zero-order valence-electron chi connectivity index (χ0n) is 13.4. The lowest BCUT2D eigenvalue weighted by atomic mass is 10.2. The molecule has 0 amide bonds. The van der Waals surface area contributed by atoms with Crippen LogP contribution in [-0.4, -0.2) is 65.0 Å². The average molecular weight is 285 g/mol. The number of nitrogens with one attached hydrogen (secondary N) is 1. The smallest absolute Gasteiger partial charge is 0.193 e. The quantitative estimate of drug-likeness (QED) is 0.357. The lowest BCUT2D eigenvalue weighted by molar-refractivity contribution is 0.115. The third kappa shape index (κ3) is 8.38. The summed E-state index contributed by atoms with van der Waals surface area (Å²) >= 11 is 0. The first-order valence-electron chi connectivity index (χ1n) is 7.76. The fraction of sp³-hybridized carbons (Fsp3) is 0.933. The molecule has 1 N–H and O–H groups in total. The first-order valence-corrected chi connectivity index (χ1v) is 7.76. The van der Waals surface area contributed by atoms with Gasteiger partial charge in [0.15, 0.2) is 5.96 Å². The molecule has 1 aliphatic carbocycles. The highest BCUT2D eigenvalue weighted by Gasteiger charge is 2.21. The number of hydrogen-bond acceptors (Lipinski definition) is 3. The van der Waals surface area contributed by atoms with Crippen molar-refractivity contribution in [3.8, 4) is 0 Å². The van der Waals surface area contributed by atoms with Gasteiger partial charge < -0.3 is 19.7 Å². The molecule has 0 saturated heterocycles. The van der Waals surface area contributed by atoms with Crippen LogP contribution < -0.4 is 5.32 Å². The number of guanidine groups is 1. The minimum Gasteiger partial charge on any atom is -0.385 e. The molecule has 5 heteroatoms. The van der Waals surface area contributed by atoms with Gasteiger partial charge in [0, 0.05) is 47.5 Å². The number of rotatable bonds is 11. The summed E-state index contributed by atoms with van der Waals surface area (Å²) in [6.07, 6.45) is 6.16. The van der Waals surface area contributed by atoms with Crippen LogP contribution in [0.25, 0.3) is 0 Å². The number of nitrogens with zero attached hydrogens (tertiary/aromatic N) is 2. The topological polar surface area (TPSA) is 46.1 Å². The van der Waals surface area contributed by atoms with Crippen LogP contribution in [0.1, 0.15) is 32.1 Å². The van der Waals surface area contributed by atoms with E-state index in [-0.39, 0.29) is 0 Å². The van der Waals surface area contributed by atoms with Crippen molar-refractivity contribution in [2.75, 3.05) is 54.1 Å². The summed E-state index contributed by atoms with van der Waals surface area (Å²) in [6, 6.07) is 0. The first-order chi connectivity index (χ1) is 9.77. The van der Waals surface area contributed by atoms with E-state index in [2.05, 4.69) is 22.3 Å². The van der Waals surface area contributed by atoms with Crippen molar-refractivity contribution in [3.05, 3.63) is 0 Å². The molecule has 0 radical (unpaired) electrons. The summed E-state index contributed by atoms with van der Waals surface area (Å²) in [5.74, 6) is 1.79. The molecule has 0 aromatic heterocycles. The number of methoxy groups -OCH3 is 1. The second-order valence-electron chi connectivity index (χ2n) is 5.47. The minimum absolute atomic E-state index is 0.779. The number of ether oxygens (including phenoxy) is 2. The van der Waals surface area contributed by atoms with E-state index in [0.717, 1.165) is 57.6 Å². The molecule has 118 valence electrons. The zero-order chi connectivity index (χ0) is 14.6. The summed E-state index contributed by atoms with van der Waals surface area (Å²) < 4.78 is 10.7. The van der Waals surface area contributed by atoms with Crippen LogP contribution in [0.4, 0.5) is 0 Å². The molecule has 0 bridgehead atoms. The number of hydrogen-bond donors (Lipinski definition) is 1. The van der Waals surface area contributed by atoms with Crippen molar-refractivity contribution in [3.63, 3.8) is 0 Å². The fourth-order valence-corrected chi connectivity index (χ4v) is 1.97. The molecular weight excluding hydrogens is 254 g/mol. The molecule has 0 heterocycles. The Kier molecular flexibility index (Phi) is 9.41. The van der Waals surface area contributed by atoms with Gasteiger partial charge in [-0.3, -0.25) is 4.99 Å². The van der Waals surface area contributed by atoms with Gasteiger partial charge in [0.25, 0.3) is 0 Å². The second kappa shape index (κ2) is 10.9. The van der Waals surface area contributed by atoms with Crippen LogP contribution in [0.15, 0.2) is 4.99 Å². The Morgan fingerprint density at radius 3 is 2.70 bits per heavy atom. The van der Waals surface area contributed by atoms with Gasteiger partial charge in [-0.2, -0.15) is 0 Å². The summed E-state index contributed by atoms with van der Waals surface area (Å²) in [4.78, 5) is 6.43. The van der Waals surface area contributed by atoms with Crippen LogP contribution in [0, 0.1) is 5.92 Å². The van der Waals surface area contributed by atoms with Crippen molar-refractivity contribution in [2.24, 2.45) is 10.9 Å². The molecule has 20 heavy (non-hydrogen) atoms. The zero-order valence-corrected chi connectivity index (χ0v) is 13.4. The lowest BCUT2D eigenvalue weighted by Gasteiger charge is -2.22. The Morgan fingerprint density at radius 1 is 1.25 bits per heavy atom. The highest BCUT2D eigenvalue weighted by atomic mass is 16.5. The van der Waals surface area contributed by atoms with Crippen molar-refractivity contribution in [1.29, 1.82) is 0 Å². The fourth-order valence-electron chi connectivity index (χ4n) is 1.97. The molecule has 1 fully saturated rings. The molecule has 0 unspecified atom stereocenters. The van der Waals surface area contributed by atoms with E-state index in [1.807, 2.05) is 7.05 Å². The lowest BCUT2D eigenvalue weighted by Crippen LogP contribution is -2.41. The Labute approximate surface area is 123 Å². The van der Waals surface area contributed by atoms with E-state index in [4.69, 9.17) is 9.47 Å². The van der Waals surface area contributed by atoms with E-state index in [1.54, 1.807) is 7.11 Å². The third-order valence-electron chi connectivity index (χ3n) is 3.50. The highest BCUT2D eigenvalue weighted by Crippen LogP contribution is 2.28. The normalized spacial score (nSPS) is 15.4. The van der Waals surface area contributed by atoms with Gasteiger partial charge in [0.05, 0.1) is 6.61 Å². The minimum atomic E-state index is 0.779. The van der Waals surface area contributed by atoms with E-state index in [1.165, 1.54) is 19.3 Å². The SMILES string of the molecule is CN=C(NCCCCCOC)N(C)CCOCC1CC1. The molecule has 5 nitrogen and oxygen atoms in total. The summed E-state index contributed by atoms with van der Waals surface area (Å²) in [5, 5.41) is 3.39. The van der Waals surface area contributed by atoms with Crippen LogP contribution in [-0.2, 0) is 9.47 Å². The molecule has 1 saturated carbocycles. The molecule has 0 aromatic carbocycles. The maximum absolute atomic E-state index is 5.65. The van der Waals surface area contributed by atoms with Crippen molar-refractivity contribution < 1.29 is 9.47 Å². The Morgan fingerprint density at radius 2 is 2.05 bits per heavy atom. The van der Waals surface area contributed by atoms with Gasteiger partial charge >= 0.3 is 0 Å². The van der Waals surface area contributed by atoms with E-state index >= 15 is 0 Å². The molecule has 0 spiro atoms. The summed E-state index contributed by atoms with van der Waals surface area (Å²) in [7, 11) is 5.63. The Hall–Kier alpha value is -0.810. The highest BCUT2D eigenvalue weighted by molar-refractivity contribution is 5.79. The molecule has 0 aromatic rings. The Balaban J connectivity index is 2.00. The number of aliphatic imine (C=N–C) groups is 1. The predicted molar refractivity (Wildman–Crippen MR) is 83.3 cm³/mol. The monoisotopic (exact) mass is 285 g/mol. The van der Waals surface area contributed by atoms with Crippen LogP contribution >= 0.6 is 0 Å². The molecular formula is C15H31N3O2. The van der Waals surface area contributed by atoms with Crippen molar-refractivity contribution in [2.45, 2.75) is 32.1 Å². The van der Waals surface area contributed by atoms with Gasteiger partial charge in [-0.25, -0.2) is 0 Å². The van der Waals surface area contributed by atoms with Crippen molar-refractivity contribution in [1.82, 2.24) is 10.2 Å². The van der Waals surface area contributed by atoms with Gasteiger partial charge in [-0.15, -0.1) is 0 Å². The van der Waals surface area contributed by atoms with Gasteiger partial charge in [-0.1, -0.05) is 0 Å². The number of unbranched alkanes of at least 4 members (excludes halogenated alkanes) is 2. The van der Waals surface area contributed by atoms with Crippen molar-refractivity contribution >= 4 is 5.96 Å². The van der Waals surface area contributed by atoms with Crippen LogP contribution in [0.3, 0.4) is 0 Å². The summed E-state index contributed by atoms with van der Waals surface area (Å²) in [6.45, 7) is 4.41. The molecule has 0 atom stereocenters. The van der Waals surface area contributed by atoms with E-state index < -0.39 is 0 Å². The third-order valence-corrected chi connectivity index (χ3v) is 3.50. The summed E-state index contributed by atoms with van der Waals surface area (Å²) in [5.41, 5.74) is 0. The van der Waals surface area contributed by atoms with E-state index in [0.29, 0.717) is 0 Å². The Bertz CT molecular complexity index is 268. The van der Waals surface area contributed by atoms with Gasteiger partial charge in [0.2, 0.25) is 0 Å². The largest absolute Gasteiger partial charge is 0.385 e. The average Bonchev–Trinajstić information content (AvgIpc) is 3.27. The van der Waals surface area contributed by atoms with Crippen LogP contribution in [0.5, 0.6) is 0 Å². The molecule has 1 rings (SSSR count). The number of likely N-dealkylation sites (N-methyl/N-ethyl adjacent to an activating group) is 1. The maximum atomic E-state index is 5.65. The van der Waals surface area contributed by atoms with E-state index in [9.17, 15) is 0 Å². The molecule has 1 aliphatic rings. The first kappa shape index (κ1) is 17.2. The van der Waals surface area contributed by atoms with Crippen LogP contribution in [0.2, 0.25) is 0 Å². The predicted octanol–water partition coefficient (Wildman–Crippen LogP) is 1.74. The second-order valence-corrected chi connectivity index (χ2v) is 5.47. The van der Waals surface area contributed by atoms with Gasteiger partial charge in [-0.05, 0) is 38.0 Å². The maximum Gasteiger partial charge on any atom is 0.193 e. The molecule has 0 aliphatic heterocycles.